The number of nitrogens with one attached hydrogen (secondary N) is 1. The highest BCUT2D eigenvalue weighted by atomic mass is 35.5. The molecule has 3 rings (SSSR count). The van der Waals surface area contributed by atoms with E-state index in [4.69, 9.17) is 32.7 Å². The summed E-state index contributed by atoms with van der Waals surface area (Å²) in [6.45, 7) is 1.72. The summed E-state index contributed by atoms with van der Waals surface area (Å²) >= 11 is 11.6. The minimum atomic E-state index is -2.15. The Hall–Kier alpha value is -3.88. The Labute approximate surface area is 210 Å². The van der Waals surface area contributed by atoms with Crippen molar-refractivity contribution >= 4 is 52.7 Å². The maximum absolute atomic E-state index is 13.1. The summed E-state index contributed by atoms with van der Waals surface area (Å²) in [7, 11) is 0. The summed E-state index contributed by atoms with van der Waals surface area (Å²) in [5.41, 5.74) is 1.03. The number of ether oxygens (including phenoxy) is 2. The quantitative estimate of drug-likeness (QED) is 0.414. The molecule has 3 aromatic carbocycles. The molecule has 3 aromatic rings. The van der Waals surface area contributed by atoms with E-state index in [1.807, 2.05) is 0 Å². The van der Waals surface area contributed by atoms with Gasteiger partial charge < -0.3 is 19.9 Å². The molecule has 0 radical (unpaired) electrons. The van der Waals surface area contributed by atoms with Crippen molar-refractivity contribution in [2.45, 2.75) is 19.1 Å². The molecular weight excluding hydrogens is 497 g/mol. The number of halogens is 2. The van der Waals surface area contributed by atoms with Gasteiger partial charge in [0.25, 0.3) is 5.91 Å². The molecule has 0 aromatic heterocycles. The zero-order valence-electron chi connectivity index (χ0n) is 18.2. The van der Waals surface area contributed by atoms with Gasteiger partial charge in [0.1, 0.15) is 0 Å². The van der Waals surface area contributed by atoms with Gasteiger partial charge in [-0.15, -0.1) is 0 Å². The van der Waals surface area contributed by atoms with E-state index in [0.29, 0.717) is 21.3 Å². The molecule has 0 unspecified atom stereocenters. The molecule has 10 heteroatoms. The second-order valence-corrected chi connectivity index (χ2v) is 8.18. The lowest BCUT2D eigenvalue weighted by Gasteiger charge is -2.24. The van der Waals surface area contributed by atoms with Crippen LogP contribution in [-0.2, 0) is 19.1 Å². The predicted molar refractivity (Wildman–Crippen MR) is 129 cm³/mol. The molecule has 1 amide bonds. The maximum atomic E-state index is 13.1. The first-order chi connectivity index (χ1) is 16.7. The molecule has 0 saturated carbocycles. The van der Waals surface area contributed by atoms with Gasteiger partial charge in [-0.05, 0) is 67.1 Å². The van der Waals surface area contributed by atoms with Gasteiger partial charge in [-0.3, -0.25) is 4.79 Å². The second kappa shape index (κ2) is 11.5. The number of rotatable bonds is 8. The predicted octanol–water partition coefficient (Wildman–Crippen LogP) is 4.78. The number of benzene rings is 3. The van der Waals surface area contributed by atoms with Crippen molar-refractivity contribution in [3.63, 3.8) is 0 Å². The number of para-hydroxylation sites is 1. The molecule has 0 aliphatic carbocycles. The van der Waals surface area contributed by atoms with Gasteiger partial charge in [0, 0.05) is 15.7 Å². The van der Waals surface area contributed by atoms with Crippen LogP contribution in [-0.4, -0.2) is 41.1 Å². The van der Waals surface area contributed by atoms with E-state index < -0.39 is 36.0 Å². The number of carbonyl (C=O) groups is 4. The molecule has 8 nitrogen and oxygen atoms in total. The first-order valence-corrected chi connectivity index (χ1v) is 10.9. The summed E-state index contributed by atoms with van der Waals surface area (Å²) in [6, 6.07) is 17.7. The third kappa shape index (κ3) is 6.81. The third-order valence-corrected chi connectivity index (χ3v) is 5.31. The van der Waals surface area contributed by atoms with Crippen LogP contribution in [0.15, 0.2) is 72.8 Å². The van der Waals surface area contributed by atoms with Gasteiger partial charge in [0.15, 0.2) is 0 Å². The van der Waals surface area contributed by atoms with Crippen LogP contribution in [0.5, 0.6) is 0 Å². The largest absolute Gasteiger partial charge is 0.478 e. The maximum Gasteiger partial charge on any atom is 0.349 e. The minimum absolute atomic E-state index is 0.0104. The molecule has 2 atom stereocenters. The molecule has 35 heavy (non-hydrogen) atoms. The van der Waals surface area contributed by atoms with E-state index in [9.17, 15) is 24.3 Å². The smallest absolute Gasteiger partial charge is 0.349 e. The third-order valence-electron chi connectivity index (χ3n) is 4.81. The van der Waals surface area contributed by atoms with Crippen molar-refractivity contribution in [3.05, 3.63) is 99.5 Å². The molecule has 0 heterocycles. The van der Waals surface area contributed by atoms with Crippen molar-refractivity contribution in [2.75, 3.05) is 5.32 Å². The van der Waals surface area contributed by atoms with Crippen LogP contribution < -0.4 is 5.32 Å². The number of carboxylic acids is 1. The van der Waals surface area contributed by atoms with Crippen molar-refractivity contribution in [3.8, 4) is 0 Å². The highest BCUT2D eigenvalue weighted by molar-refractivity contribution is 6.31. The van der Waals surface area contributed by atoms with Gasteiger partial charge in [-0.25, -0.2) is 14.4 Å². The van der Waals surface area contributed by atoms with Crippen LogP contribution in [0.3, 0.4) is 0 Å². The van der Waals surface area contributed by atoms with E-state index in [-0.39, 0.29) is 11.1 Å². The Bertz CT molecular complexity index is 1240. The molecule has 0 aliphatic heterocycles. The zero-order chi connectivity index (χ0) is 25.5. The van der Waals surface area contributed by atoms with Gasteiger partial charge in [0.05, 0.1) is 11.1 Å². The van der Waals surface area contributed by atoms with Crippen LogP contribution in [0, 0.1) is 6.92 Å². The fourth-order valence-corrected chi connectivity index (χ4v) is 3.20. The topological polar surface area (TPSA) is 119 Å². The Morgan fingerprint density at radius 3 is 1.66 bits per heavy atom. The van der Waals surface area contributed by atoms with E-state index in [2.05, 4.69) is 5.32 Å². The minimum Gasteiger partial charge on any atom is -0.478 e. The number of hydrogen-bond acceptors (Lipinski definition) is 6. The van der Waals surface area contributed by atoms with Gasteiger partial charge in [-0.2, -0.15) is 0 Å². The number of esters is 2. The summed E-state index contributed by atoms with van der Waals surface area (Å²) in [4.78, 5) is 50.5. The van der Waals surface area contributed by atoms with E-state index in [0.717, 1.165) is 0 Å². The molecular formula is C25H19Cl2NO7. The molecule has 0 aliphatic rings. The highest BCUT2D eigenvalue weighted by Crippen LogP contribution is 2.19. The number of carbonyl (C=O) groups excluding carboxylic acids is 3. The normalized spacial score (nSPS) is 12.2. The van der Waals surface area contributed by atoms with Gasteiger partial charge in [0.2, 0.25) is 12.2 Å². The van der Waals surface area contributed by atoms with Crippen LogP contribution >= 0.6 is 23.2 Å². The van der Waals surface area contributed by atoms with Crippen molar-refractivity contribution in [2.24, 2.45) is 0 Å². The van der Waals surface area contributed by atoms with Crippen LogP contribution in [0.4, 0.5) is 5.69 Å². The number of aliphatic carboxylic acids is 1. The number of aryl methyl sites for hydroxylation is 1. The van der Waals surface area contributed by atoms with Gasteiger partial charge >= 0.3 is 17.9 Å². The Morgan fingerprint density at radius 2 is 1.20 bits per heavy atom. The average molecular weight is 516 g/mol. The zero-order valence-corrected chi connectivity index (χ0v) is 19.7. The van der Waals surface area contributed by atoms with Crippen LogP contribution in [0.25, 0.3) is 0 Å². The van der Waals surface area contributed by atoms with E-state index >= 15 is 0 Å². The molecule has 0 fully saturated rings. The number of anilines is 1. The van der Waals surface area contributed by atoms with Crippen molar-refractivity contribution < 1.29 is 33.8 Å². The van der Waals surface area contributed by atoms with Gasteiger partial charge in [-0.1, -0.05) is 41.4 Å². The number of carboxylic acid groups (broad SMARTS) is 1. The van der Waals surface area contributed by atoms with Crippen molar-refractivity contribution in [1.82, 2.24) is 0 Å². The molecule has 0 bridgehead atoms. The monoisotopic (exact) mass is 515 g/mol. The second-order valence-electron chi connectivity index (χ2n) is 7.31. The summed E-state index contributed by atoms with van der Waals surface area (Å²) < 4.78 is 10.4. The Kier molecular flexibility index (Phi) is 8.46. The fraction of sp³-hybridized carbons (Fsp3) is 0.120. The summed E-state index contributed by atoms with van der Waals surface area (Å²) in [5.74, 6) is -4.76. The Morgan fingerprint density at radius 1 is 0.743 bits per heavy atom. The lowest BCUT2D eigenvalue weighted by atomic mass is 10.1. The fourth-order valence-electron chi connectivity index (χ4n) is 2.95. The standard InChI is InChI=1S/C25H19Cl2NO7/c1-14-4-2-3-5-19(14)28-22(29)20(34-24(32)15-6-10-17(26)11-7-15)21(23(30)31)35-25(33)16-8-12-18(27)13-9-16/h2-13,20-21H,1H3,(H,28,29)(H,30,31)/t20-,21+/m1/s1. The Balaban J connectivity index is 1.91. The molecule has 0 spiro atoms. The lowest BCUT2D eigenvalue weighted by molar-refractivity contribution is -0.157. The molecule has 2 N–H and O–H groups in total. The molecule has 180 valence electrons. The highest BCUT2D eigenvalue weighted by Gasteiger charge is 2.41. The number of amides is 1. The average Bonchev–Trinajstić information content (AvgIpc) is 2.83. The van der Waals surface area contributed by atoms with Crippen LogP contribution in [0.2, 0.25) is 10.0 Å². The lowest BCUT2D eigenvalue weighted by Crippen LogP contribution is -2.48. The van der Waals surface area contributed by atoms with Crippen molar-refractivity contribution in [1.29, 1.82) is 0 Å². The van der Waals surface area contributed by atoms with E-state index in [1.165, 1.54) is 48.5 Å². The molecule has 0 saturated heterocycles. The van der Waals surface area contributed by atoms with E-state index in [1.54, 1.807) is 31.2 Å². The summed E-state index contributed by atoms with van der Waals surface area (Å²) in [6.07, 6.45) is -4.18. The van der Waals surface area contributed by atoms with Crippen LogP contribution in [0.1, 0.15) is 26.3 Å². The number of hydrogen-bond donors (Lipinski definition) is 2. The SMILES string of the molecule is Cc1ccccc1NC(=O)[C@H](OC(=O)c1ccc(Cl)cc1)[C@H](OC(=O)c1ccc(Cl)cc1)C(=O)O. The first-order valence-electron chi connectivity index (χ1n) is 10.2. The summed E-state index contributed by atoms with van der Waals surface area (Å²) in [5, 5.41) is 13.0. The first kappa shape index (κ1) is 25.7.